The van der Waals surface area contributed by atoms with Crippen LogP contribution < -0.4 is 5.32 Å². The van der Waals surface area contributed by atoms with Gasteiger partial charge in [-0.15, -0.1) is 22.7 Å². The fourth-order valence-corrected chi connectivity index (χ4v) is 10.1. The van der Waals surface area contributed by atoms with Crippen LogP contribution in [0.1, 0.15) is 53.5 Å². The quantitative estimate of drug-likeness (QED) is 0.152. The molecule has 2 heterocycles. The topological polar surface area (TPSA) is 29.1 Å². The Balaban J connectivity index is 1.07. The molecule has 6 aromatic carbocycles. The number of hydrogen-bond acceptors (Lipinski definition) is 3. The van der Waals surface area contributed by atoms with Crippen molar-refractivity contribution in [3.05, 3.63) is 182 Å². The molecule has 0 aliphatic heterocycles. The van der Waals surface area contributed by atoms with Gasteiger partial charge in [0.15, 0.2) is 0 Å². The zero-order valence-corrected chi connectivity index (χ0v) is 32.8. The zero-order chi connectivity index (χ0) is 41.8. The van der Waals surface area contributed by atoms with Crippen LogP contribution in [-0.4, -0.2) is 5.91 Å². The van der Waals surface area contributed by atoms with E-state index in [9.17, 15) is 31.1 Å². The Labute approximate surface area is 341 Å². The predicted molar refractivity (Wildman–Crippen MR) is 220 cm³/mol. The van der Waals surface area contributed by atoms with Crippen LogP contribution >= 0.6 is 22.7 Å². The van der Waals surface area contributed by atoms with Crippen LogP contribution in [0.25, 0.3) is 42.4 Å². The zero-order valence-electron chi connectivity index (χ0n) is 31.2. The molecule has 0 spiro atoms. The minimum Gasteiger partial charge on any atom is -0.322 e. The second kappa shape index (κ2) is 15.4. The molecule has 1 amide bonds. The van der Waals surface area contributed by atoms with Gasteiger partial charge in [0.1, 0.15) is 11.6 Å². The maximum absolute atomic E-state index is 15.3. The SMILES string of the molecule is Cc1c(Cc2cccc(C(F)(F)F)c2)sc2c(-c3cc(F)cc(NC(=O)c4cc(F)cc(-c5cccc6c(C)c(Cc7cccc(C(F)(F)F)c7)sc56)c4)c3)cccc12. The third-order valence-electron chi connectivity index (χ3n) is 10.3. The number of carbonyl (C=O) groups is 1. The van der Waals surface area contributed by atoms with Crippen LogP contribution in [0.3, 0.4) is 0 Å². The van der Waals surface area contributed by atoms with Crippen molar-refractivity contribution in [1.82, 2.24) is 0 Å². The Hall–Kier alpha value is -5.85. The van der Waals surface area contributed by atoms with Crippen molar-refractivity contribution in [2.45, 2.75) is 39.0 Å². The average Bonchev–Trinajstić information content (AvgIpc) is 3.68. The largest absolute Gasteiger partial charge is 0.416 e. The number of benzene rings is 6. The fourth-order valence-electron chi connectivity index (χ4n) is 7.36. The van der Waals surface area contributed by atoms with E-state index in [1.807, 2.05) is 38.1 Å². The molecular formula is C47H31F8NOS2. The summed E-state index contributed by atoms with van der Waals surface area (Å²) < 4.78 is 113. The Kier molecular flexibility index (Phi) is 10.4. The summed E-state index contributed by atoms with van der Waals surface area (Å²) >= 11 is 2.80. The van der Waals surface area contributed by atoms with Gasteiger partial charge < -0.3 is 5.32 Å². The van der Waals surface area contributed by atoms with E-state index in [0.29, 0.717) is 33.4 Å². The number of carbonyl (C=O) groups excluding carboxylic acids is 1. The molecule has 2 nitrogen and oxygen atoms in total. The summed E-state index contributed by atoms with van der Waals surface area (Å²) in [6, 6.07) is 29.4. The molecule has 0 fully saturated rings. The van der Waals surface area contributed by atoms with Gasteiger partial charge in [-0.2, -0.15) is 26.3 Å². The molecular weight excluding hydrogens is 811 g/mol. The lowest BCUT2D eigenvalue weighted by Crippen LogP contribution is -2.12. The highest BCUT2D eigenvalue weighted by Crippen LogP contribution is 2.42. The van der Waals surface area contributed by atoms with Crippen LogP contribution in [0.15, 0.2) is 121 Å². The highest BCUT2D eigenvalue weighted by molar-refractivity contribution is 7.20. The Morgan fingerprint density at radius 1 is 0.559 bits per heavy atom. The second-order valence-electron chi connectivity index (χ2n) is 14.3. The van der Waals surface area contributed by atoms with Crippen molar-refractivity contribution < 1.29 is 39.9 Å². The summed E-state index contributed by atoms with van der Waals surface area (Å²) in [4.78, 5) is 15.4. The first-order valence-corrected chi connectivity index (χ1v) is 19.9. The summed E-state index contributed by atoms with van der Waals surface area (Å²) in [6.45, 7) is 3.79. The smallest absolute Gasteiger partial charge is 0.322 e. The lowest BCUT2D eigenvalue weighted by Gasteiger charge is -2.11. The summed E-state index contributed by atoms with van der Waals surface area (Å²) in [5.74, 6) is -1.99. The third kappa shape index (κ3) is 8.24. The van der Waals surface area contributed by atoms with Crippen molar-refractivity contribution >= 4 is 54.4 Å². The minimum absolute atomic E-state index is 0.0181. The maximum atomic E-state index is 15.3. The van der Waals surface area contributed by atoms with Gasteiger partial charge in [0.25, 0.3) is 5.91 Å². The van der Waals surface area contributed by atoms with Gasteiger partial charge in [0.2, 0.25) is 0 Å². The average molecular weight is 842 g/mol. The molecule has 0 unspecified atom stereocenters. The molecule has 59 heavy (non-hydrogen) atoms. The van der Waals surface area contributed by atoms with Crippen LogP contribution in [0.5, 0.6) is 0 Å². The normalized spacial score (nSPS) is 12.1. The number of anilines is 1. The van der Waals surface area contributed by atoms with Crippen molar-refractivity contribution in [2.24, 2.45) is 0 Å². The van der Waals surface area contributed by atoms with Crippen LogP contribution in [0.2, 0.25) is 0 Å². The first-order valence-electron chi connectivity index (χ1n) is 18.3. The Bertz CT molecular complexity index is 2920. The van der Waals surface area contributed by atoms with Gasteiger partial charge in [0.05, 0.1) is 11.1 Å². The molecule has 1 N–H and O–H groups in total. The number of alkyl halides is 6. The molecule has 0 saturated heterocycles. The van der Waals surface area contributed by atoms with Crippen molar-refractivity contribution in [3.63, 3.8) is 0 Å². The molecule has 0 radical (unpaired) electrons. The third-order valence-corrected chi connectivity index (χ3v) is 13.0. The molecule has 0 saturated carbocycles. The minimum atomic E-state index is -4.47. The number of nitrogens with one attached hydrogen (secondary N) is 1. The van der Waals surface area contributed by atoms with E-state index in [0.717, 1.165) is 77.5 Å². The summed E-state index contributed by atoms with van der Waals surface area (Å²) in [6.07, 6.45) is -8.40. The van der Waals surface area contributed by atoms with Crippen molar-refractivity contribution in [2.75, 3.05) is 5.32 Å². The van der Waals surface area contributed by atoms with Crippen molar-refractivity contribution in [1.29, 1.82) is 0 Å². The van der Waals surface area contributed by atoms with E-state index < -0.39 is 41.0 Å². The molecule has 8 aromatic rings. The molecule has 2 aromatic heterocycles. The van der Waals surface area contributed by atoms with Crippen molar-refractivity contribution in [3.8, 4) is 22.3 Å². The number of halogens is 8. The molecule has 0 aliphatic carbocycles. The molecule has 8 rings (SSSR count). The van der Waals surface area contributed by atoms with E-state index >= 15 is 8.78 Å². The van der Waals surface area contributed by atoms with Gasteiger partial charge in [-0.1, -0.05) is 72.8 Å². The van der Waals surface area contributed by atoms with E-state index in [4.69, 9.17) is 0 Å². The van der Waals surface area contributed by atoms with Gasteiger partial charge >= 0.3 is 12.4 Å². The summed E-state index contributed by atoms with van der Waals surface area (Å²) in [7, 11) is 0. The number of aryl methyl sites for hydroxylation is 2. The van der Waals surface area contributed by atoms with E-state index in [2.05, 4.69) is 5.32 Å². The van der Waals surface area contributed by atoms with Gasteiger partial charge in [0, 0.05) is 43.2 Å². The number of fused-ring (bicyclic) bond motifs is 2. The highest BCUT2D eigenvalue weighted by Gasteiger charge is 2.31. The first kappa shape index (κ1) is 40.0. The Morgan fingerprint density at radius 2 is 1.02 bits per heavy atom. The molecule has 298 valence electrons. The number of amides is 1. The number of hydrogen-bond donors (Lipinski definition) is 1. The molecule has 0 bridgehead atoms. The van der Waals surface area contributed by atoms with E-state index in [1.54, 1.807) is 30.3 Å². The highest BCUT2D eigenvalue weighted by atomic mass is 32.1. The second-order valence-corrected chi connectivity index (χ2v) is 16.5. The predicted octanol–water partition coefficient (Wildman–Crippen LogP) is 14.8. The van der Waals surface area contributed by atoms with Crippen LogP contribution in [-0.2, 0) is 25.2 Å². The summed E-state index contributed by atoms with van der Waals surface area (Å²) in [5.41, 5.74) is 3.63. The van der Waals surface area contributed by atoms with Gasteiger partial charge in [-0.3, -0.25) is 4.79 Å². The van der Waals surface area contributed by atoms with Gasteiger partial charge in [-0.05, 0) is 118 Å². The maximum Gasteiger partial charge on any atom is 0.416 e. The number of rotatable bonds is 8. The standard InChI is InChI=1S/C47H31F8NOS2/c1-25-37-11-5-13-39(43(37)58-41(25)17-27-7-3-9-32(15-27)46(50,51)52)29-19-31(22-34(48)20-29)45(57)56-36-23-30(21-35(49)24-36)40-14-6-12-38-26(2)42(59-44(38)40)18-28-8-4-10-33(16-28)47(53,54)55/h3-16,19-24H,17-18H2,1-2H3,(H,56,57). The first-order chi connectivity index (χ1) is 28.0. The van der Waals surface area contributed by atoms with Crippen LogP contribution in [0, 0.1) is 25.5 Å². The van der Waals surface area contributed by atoms with E-state index in [1.165, 1.54) is 53.0 Å². The number of thiophene rings is 2. The summed E-state index contributed by atoms with van der Waals surface area (Å²) in [5, 5.41) is 4.44. The molecule has 0 atom stereocenters. The van der Waals surface area contributed by atoms with Crippen LogP contribution in [0.4, 0.5) is 40.8 Å². The van der Waals surface area contributed by atoms with E-state index in [-0.39, 0.29) is 24.1 Å². The monoisotopic (exact) mass is 841 g/mol. The lowest BCUT2D eigenvalue weighted by atomic mass is 9.99. The Morgan fingerprint density at radius 3 is 1.51 bits per heavy atom. The molecule has 12 heteroatoms. The fraction of sp³-hybridized carbons (Fsp3) is 0.128. The molecule has 0 aliphatic rings. The lowest BCUT2D eigenvalue weighted by molar-refractivity contribution is -0.138. The van der Waals surface area contributed by atoms with Gasteiger partial charge in [-0.25, -0.2) is 8.78 Å².